The highest BCUT2D eigenvalue weighted by atomic mass is 16.3. The van der Waals surface area contributed by atoms with Crippen LogP contribution in [0.4, 0.5) is 0 Å². The minimum absolute atomic E-state index is 0.131. The van der Waals surface area contributed by atoms with E-state index in [4.69, 9.17) is 8.83 Å². The highest BCUT2D eigenvalue weighted by Crippen LogP contribution is 2.29. The van der Waals surface area contributed by atoms with Gasteiger partial charge in [0.25, 0.3) is 0 Å². The van der Waals surface area contributed by atoms with Crippen LogP contribution in [0.25, 0.3) is 11.3 Å². The molecule has 4 nitrogen and oxygen atoms in total. The molecule has 17 heavy (non-hydrogen) atoms. The molecule has 1 amide bonds. The predicted molar refractivity (Wildman–Crippen MR) is 61.0 cm³/mol. The van der Waals surface area contributed by atoms with E-state index in [-0.39, 0.29) is 11.8 Å². The Hall–Kier alpha value is -1.97. The molecule has 2 heterocycles. The SMILES string of the molecule is O=C(NCc1ccc(-c2ccoc2)o1)C1CC1. The number of hydrogen-bond acceptors (Lipinski definition) is 3. The van der Waals surface area contributed by atoms with Crippen molar-refractivity contribution in [2.75, 3.05) is 0 Å². The number of nitrogens with one attached hydrogen (secondary N) is 1. The van der Waals surface area contributed by atoms with Crippen molar-refractivity contribution in [3.63, 3.8) is 0 Å². The number of hydrogen-bond donors (Lipinski definition) is 1. The molecule has 0 saturated heterocycles. The van der Waals surface area contributed by atoms with Crippen molar-refractivity contribution in [2.45, 2.75) is 19.4 Å². The summed E-state index contributed by atoms with van der Waals surface area (Å²) in [5, 5.41) is 2.86. The van der Waals surface area contributed by atoms with E-state index in [2.05, 4.69) is 5.32 Å². The quantitative estimate of drug-likeness (QED) is 0.879. The zero-order chi connectivity index (χ0) is 11.7. The largest absolute Gasteiger partial charge is 0.472 e. The maximum absolute atomic E-state index is 11.4. The van der Waals surface area contributed by atoms with Crippen LogP contribution in [0.3, 0.4) is 0 Å². The van der Waals surface area contributed by atoms with E-state index >= 15 is 0 Å². The van der Waals surface area contributed by atoms with Crippen molar-refractivity contribution < 1.29 is 13.6 Å². The molecule has 88 valence electrons. The average Bonchev–Trinajstić information content (AvgIpc) is 2.87. The fourth-order valence-electron chi connectivity index (χ4n) is 1.70. The molecule has 0 spiro atoms. The van der Waals surface area contributed by atoms with Crippen LogP contribution in [0.2, 0.25) is 0 Å². The minimum atomic E-state index is 0.131. The second-order valence-corrected chi connectivity index (χ2v) is 4.27. The lowest BCUT2D eigenvalue weighted by Crippen LogP contribution is -2.23. The van der Waals surface area contributed by atoms with Gasteiger partial charge in [-0.15, -0.1) is 0 Å². The third kappa shape index (κ3) is 2.25. The Bertz CT molecular complexity index is 509. The number of rotatable bonds is 4. The van der Waals surface area contributed by atoms with Gasteiger partial charge in [-0.3, -0.25) is 4.79 Å². The first kappa shape index (κ1) is 10.2. The Morgan fingerprint density at radius 2 is 2.24 bits per heavy atom. The molecule has 3 rings (SSSR count). The maximum atomic E-state index is 11.4. The number of furan rings is 2. The minimum Gasteiger partial charge on any atom is -0.472 e. The van der Waals surface area contributed by atoms with Crippen LogP contribution in [0, 0.1) is 5.92 Å². The summed E-state index contributed by atoms with van der Waals surface area (Å²) in [6.45, 7) is 0.452. The fourth-order valence-corrected chi connectivity index (χ4v) is 1.70. The first-order valence-electron chi connectivity index (χ1n) is 5.72. The highest BCUT2D eigenvalue weighted by molar-refractivity contribution is 5.80. The fraction of sp³-hybridized carbons (Fsp3) is 0.308. The second-order valence-electron chi connectivity index (χ2n) is 4.27. The van der Waals surface area contributed by atoms with Crippen molar-refractivity contribution in [3.8, 4) is 11.3 Å². The van der Waals surface area contributed by atoms with E-state index in [1.165, 1.54) is 0 Å². The van der Waals surface area contributed by atoms with Gasteiger partial charge in [0.1, 0.15) is 17.8 Å². The summed E-state index contributed by atoms with van der Waals surface area (Å²) in [6.07, 6.45) is 5.27. The Morgan fingerprint density at radius 3 is 2.94 bits per heavy atom. The first-order valence-corrected chi connectivity index (χ1v) is 5.72. The lowest BCUT2D eigenvalue weighted by molar-refractivity contribution is -0.122. The lowest BCUT2D eigenvalue weighted by Gasteiger charge is -2.00. The van der Waals surface area contributed by atoms with Gasteiger partial charge >= 0.3 is 0 Å². The molecule has 1 N–H and O–H groups in total. The molecule has 0 bridgehead atoms. The van der Waals surface area contributed by atoms with Gasteiger partial charge in [0.05, 0.1) is 18.4 Å². The summed E-state index contributed by atoms with van der Waals surface area (Å²) in [4.78, 5) is 11.4. The van der Waals surface area contributed by atoms with Gasteiger partial charge in [-0.1, -0.05) is 0 Å². The summed E-state index contributed by atoms with van der Waals surface area (Å²) in [5.74, 6) is 1.88. The van der Waals surface area contributed by atoms with Gasteiger partial charge in [-0.05, 0) is 31.0 Å². The van der Waals surface area contributed by atoms with Gasteiger partial charge < -0.3 is 14.2 Å². The van der Waals surface area contributed by atoms with E-state index < -0.39 is 0 Å². The van der Waals surface area contributed by atoms with Crippen molar-refractivity contribution in [3.05, 3.63) is 36.5 Å². The molecule has 2 aromatic heterocycles. The molecule has 1 aliphatic carbocycles. The standard InChI is InChI=1S/C13H13NO3/c15-13(9-1-2-9)14-7-11-3-4-12(17-11)10-5-6-16-8-10/h3-6,8-9H,1-2,7H2,(H,14,15). The van der Waals surface area contributed by atoms with Crippen LogP contribution in [0.1, 0.15) is 18.6 Å². The Labute approximate surface area is 98.6 Å². The van der Waals surface area contributed by atoms with Crippen LogP contribution in [-0.4, -0.2) is 5.91 Å². The topological polar surface area (TPSA) is 55.4 Å². The predicted octanol–water partition coefficient (Wildman–Crippen LogP) is 2.57. The summed E-state index contributed by atoms with van der Waals surface area (Å²) >= 11 is 0. The van der Waals surface area contributed by atoms with Crippen LogP contribution in [0.15, 0.2) is 39.6 Å². The van der Waals surface area contributed by atoms with E-state index in [1.54, 1.807) is 12.5 Å². The molecule has 0 aliphatic heterocycles. The molecular formula is C13H13NO3. The third-order valence-electron chi connectivity index (χ3n) is 2.85. The van der Waals surface area contributed by atoms with E-state index in [9.17, 15) is 4.79 Å². The van der Waals surface area contributed by atoms with Gasteiger partial charge in [-0.2, -0.15) is 0 Å². The van der Waals surface area contributed by atoms with Crippen LogP contribution < -0.4 is 5.32 Å². The molecule has 2 aromatic rings. The average molecular weight is 231 g/mol. The van der Waals surface area contributed by atoms with Crippen LogP contribution in [0.5, 0.6) is 0 Å². The van der Waals surface area contributed by atoms with E-state index in [0.717, 1.165) is 29.9 Å². The number of amides is 1. The lowest BCUT2D eigenvalue weighted by atomic mass is 10.3. The summed E-state index contributed by atoms with van der Waals surface area (Å²) in [7, 11) is 0. The van der Waals surface area contributed by atoms with Crippen molar-refractivity contribution in [1.29, 1.82) is 0 Å². The van der Waals surface area contributed by atoms with Gasteiger partial charge in [0.15, 0.2) is 0 Å². The molecule has 1 saturated carbocycles. The Morgan fingerprint density at radius 1 is 1.35 bits per heavy atom. The zero-order valence-electron chi connectivity index (χ0n) is 9.31. The summed E-state index contributed by atoms with van der Waals surface area (Å²) < 4.78 is 10.6. The zero-order valence-corrected chi connectivity index (χ0v) is 9.31. The van der Waals surface area contributed by atoms with Crippen molar-refractivity contribution in [1.82, 2.24) is 5.32 Å². The highest BCUT2D eigenvalue weighted by Gasteiger charge is 2.29. The van der Waals surface area contributed by atoms with E-state index in [0.29, 0.717) is 6.54 Å². The van der Waals surface area contributed by atoms with Crippen molar-refractivity contribution >= 4 is 5.91 Å². The third-order valence-corrected chi connectivity index (χ3v) is 2.85. The molecule has 1 aliphatic rings. The monoisotopic (exact) mass is 231 g/mol. The number of carbonyl (C=O) groups is 1. The van der Waals surface area contributed by atoms with Gasteiger partial charge in [0, 0.05) is 5.92 Å². The molecule has 1 fully saturated rings. The Kier molecular flexibility index (Phi) is 2.48. The maximum Gasteiger partial charge on any atom is 0.223 e. The van der Waals surface area contributed by atoms with Crippen molar-refractivity contribution in [2.24, 2.45) is 5.92 Å². The second kappa shape index (κ2) is 4.13. The molecule has 4 heteroatoms. The van der Waals surface area contributed by atoms with Gasteiger partial charge in [0.2, 0.25) is 5.91 Å². The van der Waals surface area contributed by atoms with Crippen LogP contribution >= 0.6 is 0 Å². The molecule has 0 aromatic carbocycles. The Balaban J connectivity index is 1.62. The molecule has 0 atom stereocenters. The van der Waals surface area contributed by atoms with Gasteiger partial charge in [-0.25, -0.2) is 0 Å². The normalized spacial score (nSPS) is 14.8. The molecular weight excluding hydrogens is 218 g/mol. The summed E-state index contributed by atoms with van der Waals surface area (Å²) in [6, 6.07) is 5.59. The smallest absolute Gasteiger partial charge is 0.223 e. The number of carbonyl (C=O) groups excluding carboxylic acids is 1. The summed E-state index contributed by atoms with van der Waals surface area (Å²) in [5.41, 5.74) is 0.907. The van der Waals surface area contributed by atoms with E-state index in [1.807, 2.05) is 18.2 Å². The first-order chi connectivity index (χ1) is 8.33. The molecule has 0 radical (unpaired) electrons. The molecule has 0 unspecified atom stereocenters. The van der Waals surface area contributed by atoms with Crippen LogP contribution in [-0.2, 0) is 11.3 Å².